The Morgan fingerprint density at radius 1 is 1.33 bits per heavy atom. The molecule has 1 N–H and O–H groups in total. The summed E-state index contributed by atoms with van der Waals surface area (Å²) in [6.45, 7) is 3.67. The van der Waals surface area contributed by atoms with Gasteiger partial charge >= 0.3 is 0 Å². The number of allylic oxidation sites excluding steroid dienone is 1. The molecule has 0 aromatic heterocycles. The predicted octanol–water partition coefficient (Wildman–Crippen LogP) is 3.07. The molecule has 1 aliphatic rings. The van der Waals surface area contributed by atoms with Gasteiger partial charge in [-0.2, -0.15) is 0 Å². The fourth-order valence-electron chi connectivity index (χ4n) is 1.89. The Kier molecular flexibility index (Phi) is 4.10. The Bertz CT molecular complexity index is 156. The van der Waals surface area contributed by atoms with Crippen LogP contribution >= 0.6 is 11.6 Å². The fourth-order valence-corrected chi connectivity index (χ4v) is 2.09. The molecule has 1 fully saturated rings. The number of rotatable bonds is 2. The van der Waals surface area contributed by atoms with Gasteiger partial charge in [0.15, 0.2) is 0 Å². The maximum absolute atomic E-state index is 9.70. The Hall–Kier alpha value is -0.0100. The smallest absolute Gasteiger partial charge is 0.0571 e. The van der Waals surface area contributed by atoms with Gasteiger partial charge in [-0.15, -0.1) is 0 Å². The van der Waals surface area contributed by atoms with Gasteiger partial charge in [0, 0.05) is 5.03 Å². The van der Waals surface area contributed by atoms with Crippen molar-refractivity contribution in [1.82, 2.24) is 0 Å². The highest BCUT2D eigenvalue weighted by Gasteiger charge is 2.21. The second-order valence-corrected chi connectivity index (χ2v) is 4.22. The molecule has 2 atom stereocenters. The fraction of sp³-hybridized carbons (Fsp3) is 0.800. The van der Waals surface area contributed by atoms with Crippen LogP contribution in [0.2, 0.25) is 0 Å². The van der Waals surface area contributed by atoms with Crippen LogP contribution in [-0.2, 0) is 0 Å². The van der Waals surface area contributed by atoms with Gasteiger partial charge in [0.2, 0.25) is 0 Å². The summed E-state index contributed by atoms with van der Waals surface area (Å²) in [5, 5.41) is 10.4. The predicted molar refractivity (Wildman–Crippen MR) is 52.2 cm³/mol. The van der Waals surface area contributed by atoms with Crippen molar-refractivity contribution in [2.75, 3.05) is 0 Å². The van der Waals surface area contributed by atoms with Gasteiger partial charge in [-0.1, -0.05) is 37.4 Å². The molecule has 0 aromatic carbocycles. The van der Waals surface area contributed by atoms with E-state index >= 15 is 0 Å². The van der Waals surface area contributed by atoms with E-state index in [9.17, 15) is 5.11 Å². The van der Waals surface area contributed by atoms with Crippen molar-refractivity contribution in [1.29, 1.82) is 0 Å². The number of aliphatic hydroxyl groups is 1. The molecule has 0 heterocycles. The van der Waals surface area contributed by atoms with Crippen molar-refractivity contribution in [3.63, 3.8) is 0 Å². The minimum atomic E-state index is -0.150. The Morgan fingerprint density at radius 3 is 2.67 bits per heavy atom. The van der Waals surface area contributed by atoms with Crippen molar-refractivity contribution < 1.29 is 5.11 Å². The molecule has 0 radical (unpaired) electrons. The lowest BCUT2D eigenvalue weighted by atomic mass is 9.94. The third kappa shape index (κ3) is 3.16. The number of halogens is 1. The van der Waals surface area contributed by atoms with Crippen LogP contribution < -0.4 is 0 Å². The van der Waals surface area contributed by atoms with Gasteiger partial charge in [-0.05, 0) is 25.2 Å². The summed E-state index contributed by atoms with van der Waals surface area (Å²) >= 11 is 5.72. The second kappa shape index (κ2) is 4.88. The Morgan fingerprint density at radius 2 is 2.00 bits per heavy atom. The second-order valence-electron chi connectivity index (χ2n) is 3.69. The first kappa shape index (κ1) is 10.1. The van der Waals surface area contributed by atoms with Gasteiger partial charge in [-0.25, -0.2) is 0 Å². The van der Waals surface area contributed by atoms with E-state index in [0.717, 1.165) is 25.7 Å². The SMILES string of the molecule is C=C(Cl)CC1CCCCCC1O. The quantitative estimate of drug-likeness (QED) is 0.661. The molecule has 2 heteroatoms. The van der Waals surface area contributed by atoms with Crippen molar-refractivity contribution in [3.8, 4) is 0 Å². The summed E-state index contributed by atoms with van der Waals surface area (Å²) in [5.41, 5.74) is 0. The lowest BCUT2D eigenvalue weighted by Gasteiger charge is -2.19. The molecule has 0 amide bonds. The average Bonchev–Trinajstić information content (AvgIpc) is 2.16. The molecule has 0 aliphatic heterocycles. The van der Waals surface area contributed by atoms with E-state index in [1.807, 2.05) is 0 Å². The van der Waals surface area contributed by atoms with Crippen molar-refractivity contribution >= 4 is 11.6 Å². The normalized spacial score (nSPS) is 31.2. The van der Waals surface area contributed by atoms with Crippen LogP contribution in [0.5, 0.6) is 0 Å². The van der Waals surface area contributed by atoms with Crippen LogP contribution in [0.25, 0.3) is 0 Å². The maximum Gasteiger partial charge on any atom is 0.0571 e. The number of hydrogen-bond acceptors (Lipinski definition) is 1. The average molecular weight is 189 g/mol. The summed E-state index contributed by atoms with van der Waals surface area (Å²) in [5.74, 6) is 0.359. The van der Waals surface area contributed by atoms with Crippen LogP contribution in [0.15, 0.2) is 11.6 Å². The summed E-state index contributed by atoms with van der Waals surface area (Å²) in [4.78, 5) is 0. The van der Waals surface area contributed by atoms with Crippen LogP contribution in [0.1, 0.15) is 38.5 Å². The van der Waals surface area contributed by atoms with Gasteiger partial charge < -0.3 is 5.11 Å². The van der Waals surface area contributed by atoms with E-state index in [4.69, 9.17) is 11.6 Å². The molecule has 0 saturated heterocycles. The van der Waals surface area contributed by atoms with Crippen LogP contribution in [0.4, 0.5) is 0 Å². The first-order chi connectivity index (χ1) is 5.70. The molecule has 0 bridgehead atoms. The molecule has 0 spiro atoms. The molecular weight excluding hydrogens is 172 g/mol. The monoisotopic (exact) mass is 188 g/mol. The zero-order valence-corrected chi connectivity index (χ0v) is 8.19. The minimum Gasteiger partial charge on any atom is -0.393 e. The number of hydrogen-bond donors (Lipinski definition) is 1. The van der Waals surface area contributed by atoms with E-state index < -0.39 is 0 Å². The Balaban J connectivity index is 2.41. The van der Waals surface area contributed by atoms with E-state index in [-0.39, 0.29) is 6.10 Å². The zero-order chi connectivity index (χ0) is 8.97. The summed E-state index contributed by atoms with van der Waals surface area (Å²) in [7, 11) is 0. The largest absolute Gasteiger partial charge is 0.393 e. The van der Waals surface area contributed by atoms with Crippen LogP contribution in [0.3, 0.4) is 0 Å². The third-order valence-electron chi connectivity index (χ3n) is 2.60. The van der Waals surface area contributed by atoms with Gasteiger partial charge in [0.05, 0.1) is 6.10 Å². The van der Waals surface area contributed by atoms with Crippen molar-refractivity contribution in [3.05, 3.63) is 11.6 Å². The first-order valence-corrected chi connectivity index (χ1v) is 5.09. The standard InChI is InChI=1S/C10H17ClO/c1-8(11)7-9-5-3-2-4-6-10(9)12/h9-10,12H,1-7H2. The van der Waals surface area contributed by atoms with Gasteiger partial charge in [0.1, 0.15) is 0 Å². The third-order valence-corrected chi connectivity index (χ3v) is 2.76. The van der Waals surface area contributed by atoms with Crippen LogP contribution in [0, 0.1) is 5.92 Å². The molecule has 2 unspecified atom stereocenters. The summed E-state index contributed by atoms with van der Waals surface area (Å²) in [6, 6.07) is 0. The van der Waals surface area contributed by atoms with Gasteiger partial charge in [0.25, 0.3) is 0 Å². The van der Waals surface area contributed by atoms with Crippen LogP contribution in [-0.4, -0.2) is 11.2 Å². The van der Waals surface area contributed by atoms with Crippen molar-refractivity contribution in [2.45, 2.75) is 44.6 Å². The van der Waals surface area contributed by atoms with E-state index in [1.165, 1.54) is 12.8 Å². The van der Waals surface area contributed by atoms with E-state index in [2.05, 4.69) is 6.58 Å². The highest BCUT2D eigenvalue weighted by molar-refractivity contribution is 6.29. The molecular formula is C10H17ClO. The van der Waals surface area contributed by atoms with E-state index in [1.54, 1.807) is 0 Å². The molecule has 0 aromatic rings. The topological polar surface area (TPSA) is 20.2 Å². The first-order valence-electron chi connectivity index (χ1n) is 4.71. The highest BCUT2D eigenvalue weighted by Crippen LogP contribution is 2.28. The summed E-state index contributed by atoms with van der Waals surface area (Å²) in [6.07, 6.45) is 6.31. The number of aliphatic hydroxyl groups excluding tert-OH is 1. The summed E-state index contributed by atoms with van der Waals surface area (Å²) < 4.78 is 0. The molecule has 12 heavy (non-hydrogen) atoms. The zero-order valence-electron chi connectivity index (χ0n) is 7.43. The van der Waals surface area contributed by atoms with Crippen molar-refractivity contribution in [2.24, 2.45) is 5.92 Å². The Labute approximate surface area is 79.4 Å². The maximum atomic E-state index is 9.70. The van der Waals surface area contributed by atoms with E-state index in [0.29, 0.717) is 11.0 Å². The molecule has 1 nitrogen and oxygen atoms in total. The molecule has 70 valence electrons. The minimum absolute atomic E-state index is 0.150. The highest BCUT2D eigenvalue weighted by atomic mass is 35.5. The lowest BCUT2D eigenvalue weighted by molar-refractivity contribution is 0.102. The molecule has 1 aliphatic carbocycles. The molecule has 1 saturated carbocycles. The molecule has 1 rings (SSSR count). The lowest BCUT2D eigenvalue weighted by Crippen LogP contribution is -2.18. The van der Waals surface area contributed by atoms with Gasteiger partial charge in [-0.3, -0.25) is 0 Å².